The van der Waals surface area contributed by atoms with Crippen LogP contribution in [0.4, 0.5) is 5.82 Å². The third-order valence-electron chi connectivity index (χ3n) is 3.24. The van der Waals surface area contributed by atoms with E-state index in [0.29, 0.717) is 5.69 Å². The van der Waals surface area contributed by atoms with Crippen molar-refractivity contribution in [2.75, 3.05) is 5.32 Å². The van der Waals surface area contributed by atoms with Crippen molar-refractivity contribution < 1.29 is 9.32 Å². The molecule has 0 aliphatic carbocycles. The van der Waals surface area contributed by atoms with Crippen molar-refractivity contribution in [2.24, 2.45) is 0 Å². The highest BCUT2D eigenvalue weighted by molar-refractivity contribution is 5.92. The van der Waals surface area contributed by atoms with Crippen molar-refractivity contribution in [3.63, 3.8) is 0 Å². The fourth-order valence-electron chi connectivity index (χ4n) is 2.00. The van der Waals surface area contributed by atoms with Gasteiger partial charge in [-0.25, -0.2) is 4.68 Å². The average Bonchev–Trinajstić information content (AvgIpc) is 3.08. The van der Waals surface area contributed by atoms with Gasteiger partial charge in [0, 0.05) is 30.1 Å². The Hall–Kier alpha value is -3.29. The van der Waals surface area contributed by atoms with Gasteiger partial charge in [-0.3, -0.25) is 14.6 Å². The minimum Gasteiger partial charge on any atom is -0.363 e. The van der Waals surface area contributed by atoms with E-state index in [9.17, 15) is 9.59 Å². The van der Waals surface area contributed by atoms with E-state index in [-0.39, 0.29) is 11.4 Å². The van der Waals surface area contributed by atoms with Crippen LogP contribution in [0, 0.1) is 0 Å². The summed E-state index contributed by atoms with van der Waals surface area (Å²) in [6.45, 7) is 1.58. The van der Waals surface area contributed by atoms with Crippen LogP contribution in [0.1, 0.15) is 13.0 Å². The molecule has 0 aromatic carbocycles. The summed E-state index contributed by atoms with van der Waals surface area (Å²) in [6, 6.07) is 7.24. The lowest BCUT2D eigenvalue weighted by Gasteiger charge is -2.13. The molecule has 1 amide bonds. The lowest BCUT2D eigenvalue weighted by molar-refractivity contribution is -0.119. The molecule has 116 valence electrons. The van der Waals surface area contributed by atoms with Gasteiger partial charge >= 0.3 is 0 Å². The Balaban J connectivity index is 1.89. The highest BCUT2D eigenvalue weighted by Crippen LogP contribution is 2.15. The summed E-state index contributed by atoms with van der Waals surface area (Å²) in [5, 5.41) is 10.4. The molecule has 23 heavy (non-hydrogen) atoms. The molecule has 0 radical (unpaired) electrons. The minimum absolute atomic E-state index is 0.278. The maximum Gasteiger partial charge on any atom is 0.267 e. The van der Waals surface area contributed by atoms with Gasteiger partial charge in [0.15, 0.2) is 5.82 Å². The van der Waals surface area contributed by atoms with E-state index in [2.05, 4.69) is 25.1 Å². The van der Waals surface area contributed by atoms with Gasteiger partial charge in [-0.15, -0.1) is 0 Å². The molecule has 0 aliphatic heterocycles. The summed E-state index contributed by atoms with van der Waals surface area (Å²) in [7, 11) is 0. The number of nitrogens with zero attached hydrogens (tertiary/aromatic N) is 4. The second kappa shape index (κ2) is 6.22. The number of carbonyl (C=O) groups excluding carboxylic acids is 1. The quantitative estimate of drug-likeness (QED) is 0.783. The minimum atomic E-state index is -0.805. The number of anilines is 1. The van der Waals surface area contributed by atoms with Gasteiger partial charge in [0.25, 0.3) is 5.56 Å². The second-order valence-corrected chi connectivity index (χ2v) is 4.79. The number of carbonyl (C=O) groups is 1. The number of amides is 1. The van der Waals surface area contributed by atoms with E-state index < -0.39 is 11.9 Å². The normalized spacial score (nSPS) is 11.9. The van der Waals surface area contributed by atoms with Gasteiger partial charge in [0.1, 0.15) is 12.3 Å². The van der Waals surface area contributed by atoms with E-state index >= 15 is 0 Å². The molecule has 0 aliphatic rings. The summed E-state index contributed by atoms with van der Waals surface area (Å²) in [4.78, 5) is 28.2. The molecule has 0 bridgehead atoms. The van der Waals surface area contributed by atoms with Gasteiger partial charge in [0.2, 0.25) is 5.91 Å². The van der Waals surface area contributed by atoms with E-state index in [1.54, 1.807) is 37.5 Å². The fourth-order valence-corrected chi connectivity index (χ4v) is 2.00. The lowest BCUT2D eigenvalue weighted by Crippen LogP contribution is -2.33. The van der Waals surface area contributed by atoms with E-state index in [4.69, 9.17) is 0 Å². The number of nitrogens with one attached hydrogen (secondary N) is 1. The standard InChI is InChI=1S/C15H13N5O3/c1-10(15(22)17-13-6-9-23-19-13)20-14(21)3-2-12(18-20)11-4-7-16-8-5-11/h2-10H,1H3,(H,17,19,22). The summed E-state index contributed by atoms with van der Waals surface area (Å²) in [5.41, 5.74) is 1.01. The van der Waals surface area contributed by atoms with Crippen LogP contribution >= 0.6 is 0 Å². The van der Waals surface area contributed by atoms with E-state index in [1.165, 1.54) is 18.4 Å². The topological polar surface area (TPSA) is 103 Å². The second-order valence-electron chi connectivity index (χ2n) is 4.79. The first-order valence-corrected chi connectivity index (χ1v) is 6.86. The maximum atomic E-state index is 12.2. The van der Waals surface area contributed by atoms with Crippen molar-refractivity contribution in [2.45, 2.75) is 13.0 Å². The number of hydrogen-bond acceptors (Lipinski definition) is 6. The van der Waals surface area contributed by atoms with Crippen molar-refractivity contribution >= 4 is 11.7 Å². The highest BCUT2D eigenvalue weighted by atomic mass is 16.5. The summed E-state index contributed by atoms with van der Waals surface area (Å²) < 4.78 is 5.78. The summed E-state index contributed by atoms with van der Waals surface area (Å²) in [5.74, 6) is -0.138. The van der Waals surface area contributed by atoms with Gasteiger partial charge in [-0.05, 0) is 25.1 Å². The monoisotopic (exact) mass is 311 g/mol. The van der Waals surface area contributed by atoms with Crippen LogP contribution in [0.15, 0.2) is 58.3 Å². The third-order valence-corrected chi connectivity index (χ3v) is 3.24. The Kier molecular flexibility index (Phi) is 3.96. The van der Waals surface area contributed by atoms with Gasteiger partial charge in [-0.2, -0.15) is 5.10 Å². The first kappa shape index (κ1) is 14.6. The van der Waals surface area contributed by atoms with Crippen LogP contribution < -0.4 is 10.9 Å². The van der Waals surface area contributed by atoms with Crippen LogP contribution in [0.2, 0.25) is 0 Å². The molecule has 3 aromatic heterocycles. The van der Waals surface area contributed by atoms with Crippen molar-refractivity contribution in [3.8, 4) is 11.3 Å². The largest absolute Gasteiger partial charge is 0.363 e. The van der Waals surface area contributed by atoms with Crippen molar-refractivity contribution in [1.29, 1.82) is 0 Å². The summed E-state index contributed by atoms with van der Waals surface area (Å²) in [6.07, 6.45) is 4.61. The zero-order valence-electron chi connectivity index (χ0n) is 12.2. The molecule has 3 aromatic rings. The average molecular weight is 311 g/mol. The first-order valence-electron chi connectivity index (χ1n) is 6.86. The molecule has 0 fully saturated rings. The van der Waals surface area contributed by atoms with E-state index in [0.717, 1.165) is 10.2 Å². The molecule has 3 rings (SSSR count). The number of rotatable bonds is 4. The summed E-state index contributed by atoms with van der Waals surface area (Å²) >= 11 is 0. The Morgan fingerprint density at radius 1 is 1.22 bits per heavy atom. The van der Waals surface area contributed by atoms with Crippen LogP contribution in [-0.2, 0) is 4.79 Å². The molecule has 1 atom stereocenters. The predicted molar refractivity (Wildman–Crippen MR) is 81.6 cm³/mol. The maximum absolute atomic E-state index is 12.2. The third kappa shape index (κ3) is 3.15. The van der Waals surface area contributed by atoms with Gasteiger partial charge in [0.05, 0.1) is 5.69 Å². The van der Waals surface area contributed by atoms with E-state index in [1.807, 2.05) is 0 Å². The molecular weight excluding hydrogens is 298 g/mol. The van der Waals surface area contributed by atoms with Crippen LogP contribution in [0.25, 0.3) is 11.3 Å². The molecule has 0 saturated carbocycles. The van der Waals surface area contributed by atoms with Crippen LogP contribution in [0.3, 0.4) is 0 Å². The highest BCUT2D eigenvalue weighted by Gasteiger charge is 2.19. The fraction of sp³-hybridized carbons (Fsp3) is 0.133. The SMILES string of the molecule is CC(C(=O)Nc1ccon1)n1nc(-c2ccncc2)ccc1=O. The predicted octanol–water partition coefficient (Wildman–Crippen LogP) is 1.49. The smallest absolute Gasteiger partial charge is 0.267 e. The first-order chi connectivity index (χ1) is 11.1. The Labute approximate surface area is 130 Å². The number of hydrogen-bond donors (Lipinski definition) is 1. The lowest BCUT2D eigenvalue weighted by atomic mass is 10.2. The Morgan fingerprint density at radius 2 is 2.00 bits per heavy atom. The van der Waals surface area contributed by atoms with Crippen molar-refractivity contribution in [3.05, 3.63) is 59.3 Å². The molecule has 1 N–H and O–H groups in total. The Bertz CT molecular complexity index is 858. The van der Waals surface area contributed by atoms with Gasteiger partial charge in [-0.1, -0.05) is 5.16 Å². The van der Waals surface area contributed by atoms with Crippen LogP contribution in [-0.4, -0.2) is 25.8 Å². The number of aromatic nitrogens is 4. The molecule has 8 nitrogen and oxygen atoms in total. The molecular formula is C15H13N5O3. The molecule has 0 spiro atoms. The molecule has 1 unspecified atom stereocenters. The van der Waals surface area contributed by atoms with Crippen LogP contribution in [0.5, 0.6) is 0 Å². The zero-order valence-corrected chi connectivity index (χ0v) is 12.2. The molecule has 0 saturated heterocycles. The molecule has 3 heterocycles. The number of pyridine rings is 1. The molecule has 8 heteroatoms. The van der Waals surface area contributed by atoms with Crippen molar-refractivity contribution in [1.82, 2.24) is 19.9 Å². The zero-order chi connectivity index (χ0) is 16.2. The van der Waals surface area contributed by atoms with Gasteiger partial charge < -0.3 is 9.84 Å². The Morgan fingerprint density at radius 3 is 2.70 bits per heavy atom.